The summed E-state index contributed by atoms with van der Waals surface area (Å²) in [5, 5.41) is 66.1. The summed E-state index contributed by atoms with van der Waals surface area (Å²) in [5.41, 5.74) is 10.4. The topological polar surface area (TPSA) is 442 Å². The molecule has 52 heavy (non-hydrogen) atoms. The summed E-state index contributed by atoms with van der Waals surface area (Å²) in [5.74, 6) is -2.50. The minimum absolute atomic E-state index is 0.0587. The lowest BCUT2D eigenvalue weighted by molar-refractivity contribution is -0.745. The van der Waals surface area contributed by atoms with Gasteiger partial charge in [-0.3, -0.25) is 13.7 Å². The Bertz CT molecular complexity index is 2020. The van der Waals surface area contributed by atoms with E-state index in [-0.39, 0.29) is 22.3 Å². The van der Waals surface area contributed by atoms with E-state index in [1.54, 1.807) is 0 Å². The third kappa shape index (κ3) is 7.58. The lowest BCUT2D eigenvalue weighted by atomic mass is 10.1. The van der Waals surface area contributed by atoms with Gasteiger partial charge in [0.25, 0.3) is 22.3 Å². The minimum Gasteiger partial charge on any atom is -0.857 e. The quantitative estimate of drug-likeness (QED) is 0.0517. The maximum Gasteiger partial charge on any atom is 0.508 e. The lowest BCUT2D eigenvalue weighted by Gasteiger charge is -2.37. The van der Waals surface area contributed by atoms with Crippen molar-refractivity contribution in [3.63, 3.8) is 0 Å². The van der Waals surface area contributed by atoms with Crippen LogP contribution >= 0.6 is 24.2 Å². The molecule has 31 heteroatoms. The van der Waals surface area contributed by atoms with Crippen LogP contribution in [0.25, 0.3) is 22.3 Å². The molecule has 4 aromatic heterocycles. The number of nitrogens with zero attached hydrogens (tertiary/aromatic N) is 8. The van der Waals surface area contributed by atoms with Gasteiger partial charge in [-0.15, -0.1) is 4.31 Å². The van der Waals surface area contributed by atoms with Crippen LogP contribution in [0.1, 0.15) is 12.5 Å². The summed E-state index contributed by atoms with van der Waals surface area (Å²) in [6, 6.07) is 0. The zero-order chi connectivity index (χ0) is 38.1. The molecule has 1 unspecified atom stereocenters. The van der Waals surface area contributed by atoms with Crippen LogP contribution in [-0.2, 0) is 38.8 Å². The van der Waals surface area contributed by atoms with Gasteiger partial charge in [0.2, 0.25) is 12.2 Å². The summed E-state index contributed by atoms with van der Waals surface area (Å²) in [4.78, 5) is 77.5. The van der Waals surface area contributed by atoms with Crippen LogP contribution in [-0.4, -0.2) is 109 Å². The molecule has 0 aromatic carbocycles. The number of aliphatic hydroxyl groups is 4. The molecule has 6 heterocycles. The van der Waals surface area contributed by atoms with Gasteiger partial charge in [-0.25, -0.2) is 28.6 Å². The highest BCUT2D eigenvalue weighted by molar-refractivity contribution is 7.69. The van der Waals surface area contributed by atoms with Gasteiger partial charge >= 0.3 is 13.5 Å². The minimum atomic E-state index is -6.32. The van der Waals surface area contributed by atoms with Crippen LogP contribution in [0.15, 0.2) is 12.7 Å². The number of hydrogen-bond acceptors (Lipinski definition) is 24. The van der Waals surface area contributed by atoms with Gasteiger partial charge in [0.15, 0.2) is 23.7 Å². The second-order valence-corrected chi connectivity index (χ2v) is 15.7. The molecule has 28 nitrogen and oxygen atoms in total. The van der Waals surface area contributed by atoms with Crippen LogP contribution in [0.4, 0.5) is 11.9 Å². The Hall–Kier alpha value is -3.21. The largest absolute Gasteiger partial charge is 0.857 e. The Kier molecular flexibility index (Phi) is 10.3. The number of phosphoric acid groups is 3. The van der Waals surface area contributed by atoms with Gasteiger partial charge in [0, 0.05) is 11.8 Å². The predicted octanol–water partition coefficient (Wildman–Crippen LogP) is -8.39. The van der Waals surface area contributed by atoms with E-state index in [1.165, 1.54) is 17.9 Å². The first-order valence-electron chi connectivity index (χ1n) is 14.2. The zero-order valence-electron chi connectivity index (χ0n) is 25.8. The average molecular weight is 799 g/mol. The number of aliphatic hydroxyl groups excluding tert-OH is 4. The summed E-state index contributed by atoms with van der Waals surface area (Å²) in [6.45, 7) is -2.33. The van der Waals surface area contributed by atoms with Crippen molar-refractivity contribution < 1.29 is 91.4 Å². The number of anilines is 2. The van der Waals surface area contributed by atoms with E-state index in [0.29, 0.717) is 0 Å². The normalized spacial score (nSPS) is 28.3. The first-order chi connectivity index (χ1) is 24.2. The van der Waals surface area contributed by atoms with Crippen molar-refractivity contribution in [2.24, 2.45) is 7.05 Å². The lowest BCUT2D eigenvalue weighted by Crippen LogP contribution is -2.46. The molecular formula is C21H26N10O18P3-3. The molecule has 0 saturated carbocycles. The molecule has 9 atom stereocenters. The van der Waals surface area contributed by atoms with E-state index < -0.39 is 110 Å². The van der Waals surface area contributed by atoms with Gasteiger partial charge in [-0.05, 0) is 0 Å². The Labute approximate surface area is 289 Å². The molecule has 2 aliphatic rings. The summed E-state index contributed by atoms with van der Waals surface area (Å²) < 4.78 is 43.3. The third-order valence-corrected chi connectivity index (χ3v) is 11.7. The Morgan fingerprint density at radius 2 is 1.56 bits per heavy atom. The Morgan fingerprint density at radius 3 is 2.27 bits per heavy atom. The average Bonchev–Trinajstić information content (AvgIpc) is 3.74. The molecule has 2 fully saturated rings. The SMILES string of the molecule is Cn1c[n+]([C@H]2O[C@H](COP(=O)(O)O[P+]([O-])([O-])O[P+]([O-])([O-])OC[C@H]3O[C@@H](n4cnc5c([O-])nc(N)nc54)[C@H](O)[C@@H]3O)[C@@H](O)[C@H]2O)c2nc(N)nc([O-])c21. The first-order valence-corrected chi connectivity index (χ1v) is 18.7. The molecule has 2 aliphatic heterocycles. The number of nitrogens with two attached hydrogens (primary N) is 2. The van der Waals surface area contributed by atoms with Crippen molar-refractivity contribution in [2.75, 3.05) is 24.7 Å². The summed E-state index contributed by atoms with van der Waals surface area (Å²) in [7, 11) is -16.7. The molecule has 9 N–H and O–H groups in total. The number of rotatable bonds is 12. The molecule has 286 valence electrons. The standard InChI is InChI=1S/C21H29N10O18P3/c1-29-5-31(15-9(29)17(37)28-21(23)26-15)19-13(35)11(33)7(47-19)3-45-51(40,41)49-52(42,43)48-50(38,39)44-2-6-10(32)12(34)18(46-6)30-4-24-8-14(30)25-20(22)27-16(8)36/h4-7,10-13,18-19,32-35H,2-3H2,1H3,(H8-,22,23,25,26,27,28,36,37,38,39,40,41,42,43)/p-3/t6-,7-,10-,11-,12-,13-,18-,19+/m1/s1. The van der Waals surface area contributed by atoms with Gasteiger partial charge in [-0.2, -0.15) is 4.98 Å². The zero-order valence-corrected chi connectivity index (χ0v) is 28.5. The van der Waals surface area contributed by atoms with Gasteiger partial charge in [-0.1, -0.05) is 9.29 Å². The molecule has 0 spiro atoms. The van der Waals surface area contributed by atoms with E-state index in [2.05, 4.69) is 42.6 Å². The fourth-order valence-corrected chi connectivity index (χ4v) is 8.76. The van der Waals surface area contributed by atoms with E-state index >= 15 is 0 Å². The van der Waals surface area contributed by atoms with Crippen molar-refractivity contribution in [1.82, 2.24) is 34.1 Å². The number of ether oxygens (including phenoxy) is 2. The highest BCUT2D eigenvalue weighted by Gasteiger charge is 2.50. The second kappa shape index (κ2) is 13.9. The molecule has 4 aromatic rings. The molecule has 2 saturated heterocycles. The predicted molar refractivity (Wildman–Crippen MR) is 151 cm³/mol. The van der Waals surface area contributed by atoms with Crippen molar-refractivity contribution in [1.29, 1.82) is 0 Å². The Balaban J connectivity index is 1.04. The van der Waals surface area contributed by atoms with Crippen LogP contribution < -0.4 is 45.8 Å². The van der Waals surface area contributed by atoms with Crippen molar-refractivity contribution in [2.45, 2.75) is 49.1 Å². The maximum atomic E-state index is 12.4. The maximum absolute atomic E-state index is 12.4. The van der Waals surface area contributed by atoms with Gasteiger partial charge < -0.3 is 76.0 Å². The van der Waals surface area contributed by atoms with Crippen LogP contribution in [0.5, 0.6) is 11.8 Å². The summed E-state index contributed by atoms with van der Waals surface area (Å²) >= 11 is 0. The highest BCUT2D eigenvalue weighted by atomic mass is 31.3. The van der Waals surface area contributed by atoms with E-state index in [9.17, 15) is 59.7 Å². The molecule has 0 radical (unpaired) electrons. The van der Waals surface area contributed by atoms with Crippen molar-refractivity contribution in [3.05, 3.63) is 12.7 Å². The number of fused-ring (bicyclic) bond motifs is 2. The monoisotopic (exact) mass is 799 g/mol. The highest BCUT2D eigenvalue weighted by Crippen LogP contribution is 2.67. The summed E-state index contributed by atoms with van der Waals surface area (Å²) in [6.07, 6.45) is -11.4. The van der Waals surface area contributed by atoms with Crippen molar-refractivity contribution >= 4 is 58.4 Å². The van der Waals surface area contributed by atoms with Gasteiger partial charge in [0.05, 0.1) is 20.0 Å². The van der Waals surface area contributed by atoms with Crippen molar-refractivity contribution in [3.8, 4) is 11.8 Å². The molecule has 0 aliphatic carbocycles. The molecular weight excluding hydrogens is 773 g/mol. The van der Waals surface area contributed by atoms with Crippen LogP contribution in [0, 0.1) is 0 Å². The van der Waals surface area contributed by atoms with Crippen LogP contribution in [0.2, 0.25) is 0 Å². The van der Waals surface area contributed by atoms with E-state index in [0.717, 1.165) is 15.5 Å². The van der Waals surface area contributed by atoms with Gasteiger partial charge in [0.1, 0.15) is 48.7 Å². The smallest absolute Gasteiger partial charge is 0.508 e. The number of imidazole rings is 2. The second-order valence-electron chi connectivity index (χ2n) is 11.1. The third-order valence-electron chi connectivity index (χ3n) is 7.58. The fourth-order valence-electron chi connectivity index (χ4n) is 5.34. The molecule has 6 rings (SSSR count). The van der Waals surface area contributed by atoms with E-state index in [1.807, 2.05) is 0 Å². The van der Waals surface area contributed by atoms with Crippen LogP contribution in [0.3, 0.4) is 0 Å². The Morgan fingerprint density at radius 1 is 0.923 bits per heavy atom. The first kappa shape index (κ1) is 38.5. The fraction of sp³-hybridized carbons (Fsp3) is 0.524. The molecule has 0 amide bonds. The number of phosphoric ester groups is 2. The van der Waals surface area contributed by atoms with E-state index in [4.69, 9.17) is 20.9 Å². The number of hydrogen-bond donors (Lipinski definition) is 7. The number of nitrogen functional groups attached to an aromatic ring is 2. The molecule has 0 bridgehead atoms. The number of aryl methyl sites for hydroxylation is 1. The number of aromatic nitrogens is 8.